The van der Waals surface area contributed by atoms with Crippen molar-refractivity contribution in [2.75, 3.05) is 0 Å². The number of carbonyl (C=O) groups is 1. The zero-order chi connectivity index (χ0) is 17.8. The van der Waals surface area contributed by atoms with Gasteiger partial charge in [-0.25, -0.2) is 0 Å². The van der Waals surface area contributed by atoms with Crippen LogP contribution in [0.3, 0.4) is 0 Å². The highest BCUT2D eigenvalue weighted by atomic mass is 16.5. The van der Waals surface area contributed by atoms with Gasteiger partial charge in [-0.05, 0) is 25.1 Å². The van der Waals surface area contributed by atoms with Crippen molar-refractivity contribution in [3.05, 3.63) is 64.4 Å². The number of aromatic nitrogens is 3. The fourth-order valence-electron chi connectivity index (χ4n) is 2.24. The molecule has 0 aliphatic heterocycles. The van der Waals surface area contributed by atoms with E-state index in [1.165, 1.54) is 10.6 Å². The topological polar surface area (TPSA) is 107 Å². The Morgan fingerprint density at radius 1 is 1.24 bits per heavy atom. The molecule has 128 valence electrons. The van der Waals surface area contributed by atoms with Crippen LogP contribution in [0, 0.1) is 6.92 Å². The molecule has 2 aromatic heterocycles. The van der Waals surface area contributed by atoms with Gasteiger partial charge in [0.1, 0.15) is 12.3 Å². The lowest BCUT2D eigenvalue weighted by atomic mass is 10.2. The number of pyridine rings is 1. The molecule has 0 bridgehead atoms. The van der Waals surface area contributed by atoms with Crippen molar-refractivity contribution in [1.29, 1.82) is 0 Å². The van der Waals surface area contributed by atoms with Gasteiger partial charge in [0.2, 0.25) is 5.89 Å². The standard InChI is InChI=1S/C17H15N3O5/c1-11-7-13(21)8-15(22)20(11)9-16(23)24-10-14-18-19-17(25-14)12-5-3-2-4-6-12/h2-8,21H,9-10H2,1H3. The summed E-state index contributed by atoms with van der Waals surface area (Å²) in [5, 5.41) is 17.1. The van der Waals surface area contributed by atoms with E-state index >= 15 is 0 Å². The molecule has 3 aromatic rings. The number of esters is 1. The molecular weight excluding hydrogens is 326 g/mol. The van der Waals surface area contributed by atoms with Crippen molar-refractivity contribution in [3.63, 3.8) is 0 Å². The molecule has 0 unspecified atom stereocenters. The molecule has 0 aliphatic rings. The van der Waals surface area contributed by atoms with Crippen LogP contribution in [0.2, 0.25) is 0 Å². The summed E-state index contributed by atoms with van der Waals surface area (Å²) in [6, 6.07) is 11.6. The maximum atomic E-state index is 11.9. The van der Waals surface area contributed by atoms with Crippen LogP contribution in [0.4, 0.5) is 0 Å². The second kappa shape index (κ2) is 7.00. The van der Waals surface area contributed by atoms with Gasteiger partial charge < -0.3 is 18.8 Å². The minimum atomic E-state index is -0.629. The Labute approximate surface area is 142 Å². The number of benzene rings is 1. The molecule has 0 saturated heterocycles. The maximum Gasteiger partial charge on any atom is 0.326 e. The van der Waals surface area contributed by atoms with E-state index in [4.69, 9.17) is 9.15 Å². The normalized spacial score (nSPS) is 10.6. The second-order valence-electron chi connectivity index (χ2n) is 5.31. The molecule has 0 atom stereocenters. The van der Waals surface area contributed by atoms with Gasteiger partial charge in [0.15, 0.2) is 6.61 Å². The van der Waals surface area contributed by atoms with Crippen LogP contribution in [0.25, 0.3) is 11.5 Å². The SMILES string of the molecule is Cc1cc(O)cc(=O)n1CC(=O)OCc1nnc(-c2ccccc2)o1. The maximum absolute atomic E-state index is 11.9. The summed E-state index contributed by atoms with van der Waals surface area (Å²) in [4.78, 5) is 23.7. The van der Waals surface area contributed by atoms with Crippen LogP contribution in [0.1, 0.15) is 11.6 Å². The zero-order valence-electron chi connectivity index (χ0n) is 13.4. The fourth-order valence-corrected chi connectivity index (χ4v) is 2.24. The third-order valence-electron chi connectivity index (χ3n) is 3.45. The van der Waals surface area contributed by atoms with Crippen LogP contribution >= 0.6 is 0 Å². The zero-order valence-corrected chi connectivity index (χ0v) is 13.4. The smallest absolute Gasteiger partial charge is 0.326 e. The number of aryl methyl sites for hydroxylation is 1. The average Bonchev–Trinajstić information content (AvgIpc) is 3.06. The third-order valence-corrected chi connectivity index (χ3v) is 3.45. The number of nitrogens with zero attached hydrogens (tertiary/aromatic N) is 3. The third kappa shape index (κ3) is 3.92. The van der Waals surface area contributed by atoms with Crippen molar-refractivity contribution in [1.82, 2.24) is 14.8 Å². The molecule has 25 heavy (non-hydrogen) atoms. The number of hydrogen-bond acceptors (Lipinski definition) is 7. The lowest BCUT2D eigenvalue weighted by molar-refractivity contribution is -0.146. The van der Waals surface area contributed by atoms with Gasteiger partial charge in [-0.1, -0.05) is 18.2 Å². The van der Waals surface area contributed by atoms with Crippen molar-refractivity contribution in [2.24, 2.45) is 0 Å². The highest BCUT2D eigenvalue weighted by molar-refractivity contribution is 5.69. The summed E-state index contributed by atoms with van der Waals surface area (Å²) >= 11 is 0. The first-order valence-corrected chi connectivity index (χ1v) is 7.47. The van der Waals surface area contributed by atoms with Crippen molar-refractivity contribution < 1.29 is 19.1 Å². The van der Waals surface area contributed by atoms with Crippen LogP contribution in [-0.4, -0.2) is 25.8 Å². The van der Waals surface area contributed by atoms with E-state index in [-0.39, 0.29) is 24.8 Å². The predicted molar refractivity (Wildman–Crippen MR) is 86.6 cm³/mol. The van der Waals surface area contributed by atoms with Gasteiger partial charge in [0.25, 0.3) is 11.4 Å². The molecular formula is C17H15N3O5. The molecule has 3 rings (SSSR count). The van der Waals surface area contributed by atoms with Gasteiger partial charge in [-0.3, -0.25) is 9.59 Å². The molecule has 0 saturated carbocycles. The van der Waals surface area contributed by atoms with Gasteiger partial charge in [0, 0.05) is 17.3 Å². The summed E-state index contributed by atoms with van der Waals surface area (Å²) in [6.45, 7) is 1.15. The number of rotatable bonds is 5. The minimum Gasteiger partial charge on any atom is -0.508 e. The van der Waals surface area contributed by atoms with Crippen LogP contribution in [0.15, 0.2) is 51.7 Å². The highest BCUT2D eigenvalue weighted by Crippen LogP contribution is 2.17. The highest BCUT2D eigenvalue weighted by Gasteiger charge is 2.13. The monoisotopic (exact) mass is 341 g/mol. The van der Waals surface area contributed by atoms with Gasteiger partial charge in [-0.15, -0.1) is 10.2 Å². The van der Waals surface area contributed by atoms with E-state index in [2.05, 4.69) is 10.2 Å². The Hall–Kier alpha value is -3.42. The quantitative estimate of drug-likeness (QED) is 0.703. The van der Waals surface area contributed by atoms with Gasteiger partial charge in [0.05, 0.1) is 0 Å². The van der Waals surface area contributed by atoms with E-state index in [0.29, 0.717) is 11.6 Å². The van der Waals surface area contributed by atoms with E-state index in [9.17, 15) is 14.7 Å². The van der Waals surface area contributed by atoms with Crippen molar-refractivity contribution in [2.45, 2.75) is 20.1 Å². The summed E-state index contributed by atoms with van der Waals surface area (Å²) in [6.07, 6.45) is 0. The number of carbonyl (C=O) groups excluding carboxylic acids is 1. The summed E-state index contributed by atoms with van der Waals surface area (Å²) < 4.78 is 11.7. The van der Waals surface area contributed by atoms with Crippen molar-refractivity contribution in [3.8, 4) is 17.2 Å². The predicted octanol–water partition coefficient (Wildman–Crippen LogP) is 1.66. The van der Waals surface area contributed by atoms with Gasteiger partial charge in [-0.2, -0.15) is 0 Å². The first-order valence-electron chi connectivity index (χ1n) is 7.47. The van der Waals surface area contributed by atoms with Crippen LogP contribution in [0.5, 0.6) is 5.75 Å². The van der Waals surface area contributed by atoms with E-state index in [1.807, 2.05) is 30.3 Å². The molecule has 1 N–H and O–H groups in total. The van der Waals surface area contributed by atoms with Crippen LogP contribution < -0.4 is 5.56 Å². The molecule has 0 radical (unpaired) electrons. The fraction of sp³-hybridized carbons (Fsp3) is 0.176. The Balaban J connectivity index is 1.62. The number of aromatic hydroxyl groups is 1. The Bertz CT molecular complexity index is 946. The molecule has 1 aromatic carbocycles. The van der Waals surface area contributed by atoms with E-state index in [1.54, 1.807) is 6.92 Å². The molecule has 8 heteroatoms. The largest absolute Gasteiger partial charge is 0.508 e. The molecule has 0 spiro atoms. The average molecular weight is 341 g/mol. The summed E-state index contributed by atoms with van der Waals surface area (Å²) in [5.74, 6) is -0.291. The lowest BCUT2D eigenvalue weighted by Crippen LogP contribution is -2.26. The Morgan fingerprint density at radius 2 is 2.00 bits per heavy atom. The lowest BCUT2D eigenvalue weighted by Gasteiger charge is -2.09. The van der Waals surface area contributed by atoms with E-state index in [0.717, 1.165) is 11.6 Å². The Kier molecular flexibility index (Phi) is 4.60. The van der Waals surface area contributed by atoms with Crippen molar-refractivity contribution >= 4 is 5.97 Å². The molecule has 0 aliphatic carbocycles. The number of ether oxygens (including phenoxy) is 1. The second-order valence-corrected chi connectivity index (χ2v) is 5.31. The Morgan fingerprint density at radius 3 is 2.72 bits per heavy atom. The molecule has 8 nitrogen and oxygen atoms in total. The first-order chi connectivity index (χ1) is 12.0. The summed E-state index contributed by atoms with van der Waals surface area (Å²) in [5.41, 5.74) is 0.726. The molecule has 2 heterocycles. The summed E-state index contributed by atoms with van der Waals surface area (Å²) in [7, 11) is 0. The first kappa shape index (κ1) is 16.4. The number of hydrogen-bond donors (Lipinski definition) is 1. The minimum absolute atomic E-state index is 0.147. The van der Waals surface area contributed by atoms with Gasteiger partial charge >= 0.3 is 5.97 Å². The van der Waals surface area contributed by atoms with Crippen LogP contribution in [-0.2, 0) is 22.7 Å². The molecule has 0 fully saturated rings. The molecule has 0 amide bonds. The van der Waals surface area contributed by atoms with E-state index < -0.39 is 11.5 Å².